The topological polar surface area (TPSA) is 66.6 Å². The van der Waals surface area contributed by atoms with Gasteiger partial charge >= 0.3 is 0 Å². The van der Waals surface area contributed by atoms with E-state index in [0.717, 1.165) is 18.2 Å². The Labute approximate surface area is 206 Å². The molecule has 34 heavy (non-hydrogen) atoms. The molecule has 0 saturated heterocycles. The third-order valence-electron chi connectivity index (χ3n) is 6.68. The molecule has 0 amide bonds. The van der Waals surface area contributed by atoms with Gasteiger partial charge in [0, 0.05) is 23.1 Å². The molecule has 1 heterocycles. The second kappa shape index (κ2) is 10.9. The van der Waals surface area contributed by atoms with E-state index >= 15 is 0 Å². The first-order chi connectivity index (χ1) is 16.5. The first-order valence-electron chi connectivity index (χ1n) is 11.9. The lowest BCUT2D eigenvalue weighted by Gasteiger charge is -2.37. The molecule has 0 radical (unpaired) electrons. The number of nitrogens with one attached hydrogen (secondary N) is 2. The Bertz CT molecular complexity index is 1190. The molecule has 4 rings (SSSR count). The van der Waals surface area contributed by atoms with Gasteiger partial charge in [0.25, 0.3) is 5.56 Å². The maximum Gasteiger partial charge on any atom is 0.253 e. The highest BCUT2D eigenvalue weighted by atomic mass is 32.1. The van der Waals surface area contributed by atoms with Gasteiger partial charge in [-0.25, -0.2) is 0 Å². The van der Waals surface area contributed by atoms with Crippen molar-refractivity contribution in [2.45, 2.75) is 57.7 Å². The molecular weight excluding hydrogens is 446 g/mol. The molecule has 180 valence electrons. The van der Waals surface area contributed by atoms with Crippen molar-refractivity contribution < 1.29 is 9.47 Å². The molecule has 0 aliphatic heterocycles. The lowest BCUT2D eigenvalue weighted by atomic mass is 9.94. The van der Waals surface area contributed by atoms with Gasteiger partial charge in [0.15, 0.2) is 16.6 Å². The van der Waals surface area contributed by atoms with E-state index in [1.807, 2.05) is 30.3 Å². The number of fused-ring (bicyclic) bond motifs is 1. The Morgan fingerprint density at radius 3 is 2.44 bits per heavy atom. The predicted octanol–water partition coefficient (Wildman–Crippen LogP) is 5.32. The SMILES string of the molecule is COc1cc2cc(CN(C(=S)N[C@H](C)c3ccccc3)C3CCCCC3)c(=O)[nH]c2cc1OC. The van der Waals surface area contributed by atoms with Crippen molar-refractivity contribution in [3.8, 4) is 11.5 Å². The minimum Gasteiger partial charge on any atom is -0.493 e. The summed E-state index contributed by atoms with van der Waals surface area (Å²) in [5.41, 5.74) is 2.47. The second-order valence-corrected chi connectivity index (χ2v) is 9.31. The fraction of sp³-hybridized carbons (Fsp3) is 0.407. The Morgan fingerprint density at radius 1 is 1.09 bits per heavy atom. The van der Waals surface area contributed by atoms with Crippen molar-refractivity contribution in [1.82, 2.24) is 15.2 Å². The summed E-state index contributed by atoms with van der Waals surface area (Å²) in [6.45, 7) is 2.57. The number of rotatable bonds is 7. The third-order valence-corrected chi connectivity index (χ3v) is 7.03. The molecule has 3 aromatic rings. The molecule has 0 bridgehead atoms. The zero-order chi connectivity index (χ0) is 24.1. The maximum atomic E-state index is 13.1. The number of H-pyrrole nitrogens is 1. The number of thiocarbonyl (C=S) groups is 1. The van der Waals surface area contributed by atoms with E-state index in [-0.39, 0.29) is 11.6 Å². The van der Waals surface area contributed by atoms with Gasteiger partial charge in [-0.3, -0.25) is 4.79 Å². The smallest absolute Gasteiger partial charge is 0.253 e. The van der Waals surface area contributed by atoms with Crippen LogP contribution in [0.3, 0.4) is 0 Å². The van der Waals surface area contributed by atoms with Gasteiger partial charge in [-0.15, -0.1) is 0 Å². The molecule has 0 unspecified atom stereocenters. The fourth-order valence-corrected chi connectivity index (χ4v) is 5.12. The lowest BCUT2D eigenvalue weighted by Crippen LogP contribution is -2.47. The van der Waals surface area contributed by atoms with Crippen LogP contribution in [0.25, 0.3) is 10.9 Å². The zero-order valence-corrected chi connectivity index (χ0v) is 20.9. The monoisotopic (exact) mass is 479 g/mol. The minimum absolute atomic E-state index is 0.0754. The number of nitrogens with zero attached hydrogens (tertiary/aromatic N) is 1. The van der Waals surface area contributed by atoms with Crippen LogP contribution in [0, 0.1) is 0 Å². The van der Waals surface area contributed by atoms with Gasteiger partial charge in [-0.1, -0.05) is 49.6 Å². The van der Waals surface area contributed by atoms with Crippen molar-refractivity contribution in [2.24, 2.45) is 0 Å². The normalized spacial score (nSPS) is 15.0. The lowest BCUT2D eigenvalue weighted by molar-refractivity contribution is 0.233. The van der Waals surface area contributed by atoms with Gasteiger partial charge < -0.3 is 24.7 Å². The van der Waals surface area contributed by atoms with Crippen LogP contribution in [0.5, 0.6) is 11.5 Å². The van der Waals surface area contributed by atoms with Crippen LogP contribution in [0.4, 0.5) is 0 Å². The average Bonchev–Trinajstić information content (AvgIpc) is 2.87. The van der Waals surface area contributed by atoms with E-state index < -0.39 is 0 Å². The molecule has 1 saturated carbocycles. The largest absolute Gasteiger partial charge is 0.493 e. The summed E-state index contributed by atoms with van der Waals surface area (Å²) in [6, 6.07) is 16.3. The Hall–Kier alpha value is -3.06. The van der Waals surface area contributed by atoms with E-state index in [1.165, 1.54) is 24.8 Å². The first kappa shape index (κ1) is 24.1. The standard InChI is InChI=1S/C27H33N3O3S/c1-18(19-10-6-4-7-11-19)28-27(34)30(22-12-8-5-9-13-22)17-21-14-20-15-24(32-2)25(33-3)16-23(20)29-26(21)31/h4,6-7,10-11,14-16,18,22H,5,8-9,12-13,17H2,1-3H3,(H,28,34)(H,29,31)/t18-/m1/s1. The van der Waals surface area contributed by atoms with E-state index in [0.29, 0.717) is 40.3 Å². The highest BCUT2D eigenvalue weighted by Crippen LogP contribution is 2.31. The van der Waals surface area contributed by atoms with Crippen molar-refractivity contribution in [1.29, 1.82) is 0 Å². The quantitative estimate of drug-likeness (QED) is 0.448. The highest BCUT2D eigenvalue weighted by molar-refractivity contribution is 7.80. The van der Waals surface area contributed by atoms with Crippen molar-refractivity contribution in [2.75, 3.05) is 14.2 Å². The molecule has 1 aromatic heterocycles. The molecular formula is C27H33N3O3S. The van der Waals surface area contributed by atoms with Gasteiger partial charge in [0.05, 0.1) is 32.3 Å². The van der Waals surface area contributed by atoms with Crippen LogP contribution < -0.4 is 20.3 Å². The third kappa shape index (κ3) is 5.36. The number of aromatic amines is 1. The summed E-state index contributed by atoms with van der Waals surface area (Å²) in [5, 5.41) is 5.10. The van der Waals surface area contributed by atoms with Crippen molar-refractivity contribution >= 4 is 28.2 Å². The average molecular weight is 480 g/mol. The van der Waals surface area contributed by atoms with Gasteiger partial charge in [0.2, 0.25) is 0 Å². The van der Waals surface area contributed by atoms with Crippen molar-refractivity contribution in [3.05, 3.63) is 70.0 Å². The number of methoxy groups -OCH3 is 2. The fourth-order valence-electron chi connectivity index (χ4n) is 4.73. The Morgan fingerprint density at radius 2 is 1.76 bits per heavy atom. The van der Waals surface area contributed by atoms with Crippen LogP contribution in [0.1, 0.15) is 56.2 Å². The number of pyridine rings is 1. The molecule has 7 heteroatoms. The summed E-state index contributed by atoms with van der Waals surface area (Å²) in [7, 11) is 3.20. The van der Waals surface area contributed by atoms with E-state index in [1.54, 1.807) is 20.3 Å². The number of ether oxygens (including phenoxy) is 2. The molecule has 6 nitrogen and oxygen atoms in total. The minimum atomic E-state index is -0.112. The number of aromatic nitrogens is 1. The summed E-state index contributed by atoms with van der Waals surface area (Å²) in [6.07, 6.45) is 5.78. The van der Waals surface area contributed by atoms with E-state index in [9.17, 15) is 4.79 Å². The van der Waals surface area contributed by atoms with Crippen molar-refractivity contribution in [3.63, 3.8) is 0 Å². The van der Waals surface area contributed by atoms with Gasteiger partial charge in [0.1, 0.15) is 0 Å². The maximum absolute atomic E-state index is 13.1. The molecule has 1 fully saturated rings. The summed E-state index contributed by atoms with van der Waals surface area (Å²) in [4.78, 5) is 18.3. The first-order valence-corrected chi connectivity index (χ1v) is 12.3. The summed E-state index contributed by atoms with van der Waals surface area (Å²) >= 11 is 5.91. The molecule has 1 atom stereocenters. The van der Waals surface area contributed by atoms with Crippen LogP contribution in [0.2, 0.25) is 0 Å². The number of hydrogen-bond donors (Lipinski definition) is 2. The van der Waals surface area contributed by atoms with Crippen LogP contribution in [0.15, 0.2) is 53.3 Å². The molecule has 2 N–H and O–H groups in total. The molecule has 2 aromatic carbocycles. The second-order valence-electron chi connectivity index (χ2n) is 8.92. The zero-order valence-electron chi connectivity index (χ0n) is 20.1. The highest BCUT2D eigenvalue weighted by Gasteiger charge is 2.25. The van der Waals surface area contributed by atoms with Crippen LogP contribution >= 0.6 is 12.2 Å². The summed E-state index contributed by atoms with van der Waals surface area (Å²) in [5.74, 6) is 1.22. The molecule has 0 spiro atoms. The van der Waals surface area contributed by atoms with Crippen LogP contribution in [-0.2, 0) is 6.54 Å². The number of hydrogen-bond acceptors (Lipinski definition) is 4. The Kier molecular flexibility index (Phi) is 7.73. The Balaban J connectivity index is 1.63. The van der Waals surface area contributed by atoms with Gasteiger partial charge in [-0.2, -0.15) is 0 Å². The van der Waals surface area contributed by atoms with Gasteiger partial charge in [-0.05, 0) is 49.7 Å². The van der Waals surface area contributed by atoms with Crippen LogP contribution in [-0.4, -0.2) is 35.3 Å². The molecule has 1 aliphatic carbocycles. The molecule has 1 aliphatic rings. The van der Waals surface area contributed by atoms with E-state index in [2.05, 4.69) is 34.3 Å². The summed E-state index contributed by atoms with van der Waals surface area (Å²) < 4.78 is 10.8. The van der Waals surface area contributed by atoms with E-state index in [4.69, 9.17) is 21.7 Å². The number of benzene rings is 2. The predicted molar refractivity (Wildman–Crippen MR) is 141 cm³/mol.